The van der Waals surface area contributed by atoms with Gasteiger partial charge in [0.15, 0.2) is 0 Å². The van der Waals surface area contributed by atoms with Crippen molar-refractivity contribution in [3.05, 3.63) is 95.5 Å². The molecule has 0 unspecified atom stereocenters. The van der Waals surface area contributed by atoms with E-state index in [4.69, 9.17) is 0 Å². The van der Waals surface area contributed by atoms with Crippen LogP contribution in [0.5, 0.6) is 0 Å². The van der Waals surface area contributed by atoms with Gasteiger partial charge in [0.1, 0.15) is 0 Å². The van der Waals surface area contributed by atoms with Crippen LogP contribution in [0.2, 0.25) is 0 Å². The van der Waals surface area contributed by atoms with Gasteiger partial charge in [0.25, 0.3) is 0 Å². The van der Waals surface area contributed by atoms with Crippen molar-refractivity contribution in [2.75, 3.05) is 0 Å². The molecule has 4 aromatic carbocycles. The van der Waals surface area contributed by atoms with Gasteiger partial charge in [0.2, 0.25) is 0 Å². The molecule has 0 aliphatic heterocycles. The summed E-state index contributed by atoms with van der Waals surface area (Å²) in [6.45, 7) is 0. The number of hydrogen-bond donors (Lipinski definition) is 1. The average Bonchev–Trinajstić information content (AvgIpc) is 3.08. The van der Waals surface area contributed by atoms with E-state index in [1.807, 2.05) is 0 Å². The molecule has 0 saturated carbocycles. The fraction of sp³-hybridized carbons (Fsp3) is 0. The van der Waals surface area contributed by atoms with E-state index in [-0.39, 0.29) is 0 Å². The number of H-pyrrole nitrogens is 1. The number of rotatable bonds is 2. The zero-order valence-electron chi connectivity index (χ0n) is 14.0. The number of benzene rings is 4. The van der Waals surface area contributed by atoms with Crippen LogP contribution in [0, 0.1) is 0 Å². The van der Waals surface area contributed by atoms with Crippen LogP contribution in [-0.4, -0.2) is 4.98 Å². The Labute approximate surface area is 160 Å². The van der Waals surface area contributed by atoms with Crippen molar-refractivity contribution in [1.29, 1.82) is 0 Å². The molecule has 2 heteroatoms. The quantitative estimate of drug-likeness (QED) is 0.319. The van der Waals surface area contributed by atoms with E-state index in [0.717, 1.165) is 4.47 Å². The van der Waals surface area contributed by atoms with Crippen molar-refractivity contribution in [3.63, 3.8) is 0 Å². The Balaban J connectivity index is 1.78. The normalized spacial score (nSPS) is 11.3. The summed E-state index contributed by atoms with van der Waals surface area (Å²) in [4.78, 5) is 3.61. The van der Waals surface area contributed by atoms with Crippen molar-refractivity contribution in [2.45, 2.75) is 0 Å². The van der Waals surface area contributed by atoms with Crippen molar-refractivity contribution in [1.82, 2.24) is 4.98 Å². The Kier molecular flexibility index (Phi) is 3.65. The molecule has 0 amide bonds. The molecule has 0 saturated heterocycles. The molecule has 1 aromatic heterocycles. The van der Waals surface area contributed by atoms with Crippen LogP contribution in [0.3, 0.4) is 0 Å². The van der Waals surface area contributed by atoms with Crippen LogP contribution in [0.15, 0.2) is 95.5 Å². The van der Waals surface area contributed by atoms with E-state index in [2.05, 4.69) is 112 Å². The number of para-hydroxylation sites is 2. The summed E-state index contributed by atoms with van der Waals surface area (Å²) in [6, 6.07) is 32.1. The Morgan fingerprint density at radius 2 is 1.35 bits per heavy atom. The standard InChI is InChI=1S/C24H16BrN/c25-22-14-13-17(16-7-2-1-3-8-16)15-21(22)20-11-6-10-19-18-9-4-5-12-23(18)26-24(19)20/h1-15,26H. The number of aromatic nitrogens is 1. The highest BCUT2D eigenvalue weighted by Crippen LogP contribution is 2.38. The molecule has 5 rings (SSSR count). The first-order valence-corrected chi connectivity index (χ1v) is 9.45. The fourth-order valence-corrected chi connectivity index (χ4v) is 4.10. The summed E-state index contributed by atoms with van der Waals surface area (Å²) >= 11 is 3.76. The van der Waals surface area contributed by atoms with Gasteiger partial charge in [-0.3, -0.25) is 0 Å². The van der Waals surface area contributed by atoms with Gasteiger partial charge in [-0.1, -0.05) is 88.7 Å². The third-order valence-corrected chi connectivity index (χ3v) is 5.60. The van der Waals surface area contributed by atoms with Crippen LogP contribution in [0.4, 0.5) is 0 Å². The number of hydrogen-bond acceptors (Lipinski definition) is 0. The maximum absolute atomic E-state index is 3.76. The maximum atomic E-state index is 3.76. The summed E-state index contributed by atoms with van der Waals surface area (Å²) in [7, 11) is 0. The van der Waals surface area contributed by atoms with Crippen molar-refractivity contribution in [2.24, 2.45) is 0 Å². The van der Waals surface area contributed by atoms with Crippen LogP contribution >= 0.6 is 15.9 Å². The van der Waals surface area contributed by atoms with Gasteiger partial charge in [-0.25, -0.2) is 0 Å². The summed E-state index contributed by atoms with van der Waals surface area (Å²) in [5.41, 5.74) is 7.21. The SMILES string of the molecule is Brc1ccc(-c2ccccc2)cc1-c1cccc2c1[nH]c1ccccc12. The number of fused-ring (bicyclic) bond motifs is 3. The molecule has 26 heavy (non-hydrogen) atoms. The highest BCUT2D eigenvalue weighted by Gasteiger charge is 2.12. The molecule has 0 fully saturated rings. The molecule has 1 N–H and O–H groups in total. The topological polar surface area (TPSA) is 15.8 Å². The molecule has 0 atom stereocenters. The summed E-state index contributed by atoms with van der Waals surface area (Å²) in [5, 5.41) is 2.52. The van der Waals surface area contributed by atoms with Crippen LogP contribution in [0.1, 0.15) is 0 Å². The van der Waals surface area contributed by atoms with Crippen LogP contribution < -0.4 is 0 Å². The van der Waals surface area contributed by atoms with E-state index >= 15 is 0 Å². The summed E-state index contributed by atoms with van der Waals surface area (Å²) in [5.74, 6) is 0. The van der Waals surface area contributed by atoms with Gasteiger partial charge in [0, 0.05) is 26.3 Å². The molecule has 124 valence electrons. The second-order valence-electron chi connectivity index (χ2n) is 6.46. The van der Waals surface area contributed by atoms with E-state index in [0.29, 0.717) is 0 Å². The van der Waals surface area contributed by atoms with E-state index < -0.39 is 0 Å². The largest absolute Gasteiger partial charge is 0.354 e. The van der Waals surface area contributed by atoms with Crippen molar-refractivity contribution >= 4 is 37.7 Å². The molecule has 5 aromatic rings. The average molecular weight is 398 g/mol. The minimum atomic E-state index is 1.10. The summed E-state index contributed by atoms with van der Waals surface area (Å²) < 4.78 is 1.10. The van der Waals surface area contributed by atoms with E-state index in [1.54, 1.807) is 0 Å². The Hall–Kier alpha value is -2.84. The minimum absolute atomic E-state index is 1.10. The predicted octanol–water partition coefficient (Wildman–Crippen LogP) is 7.42. The lowest BCUT2D eigenvalue weighted by Crippen LogP contribution is -1.85. The molecule has 0 spiro atoms. The minimum Gasteiger partial charge on any atom is -0.354 e. The second-order valence-corrected chi connectivity index (χ2v) is 7.31. The third kappa shape index (κ3) is 2.46. The Morgan fingerprint density at radius 1 is 0.577 bits per heavy atom. The lowest BCUT2D eigenvalue weighted by atomic mass is 9.97. The second kappa shape index (κ2) is 6.15. The fourth-order valence-electron chi connectivity index (χ4n) is 3.64. The number of halogens is 1. The Bertz CT molecular complexity index is 1240. The van der Waals surface area contributed by atoms with Crippen LogP contribution in [0.25, 0.3) is 44.1 Å². The lowest BCUT2D eigenvalue weighted by molar-refractivity contribution is 1.52. The van der Waals surface area contributed by atoms with E-state index in [1.165, 1.54) is 44.1 Å². The maximum Gasteiger partial charge on any atom is 0.0544 e. The van der Waals surface area contributed by atoms with Gasteiger partial charge < -0.3 is 4.98 Å². The van der Waals surface area contributed by atoms with Gasteiger partial charge in [-0.05, 0) is 34.9 Å². The number of aromatic amines is 1. The zero-order chi connectivity index (χ0) is 17.5. The highest BCUT2D eigenvalue weighted by atomic mass is 79.9. The van der Waals surface area contributed by atoms with Crippen molar-refractivity contribution in [3.8, 4) is 22.3 Å². The van der Waals surface area contributed by atoms with Gasteiger partial charge in [-0.15, -0.1) is 0 Å². The Morgan fingerprint density at radius 3 is 2.23 bits per heavy atom. The van der Waals surface area contributed by atoms with Crippen molar-refractivity contribution < 1.29 is 0 Å². The van der Waals surface area contributed by atoms with Crippen LogP contribution in [-0.2, 0) is 0 Å². The smallest absolute Gasteiger partial charge is 0.0544 e. The van der Waals surface area contributed by atoms with Gasteiger partial charge >= 0.3 is 0 Å². The molecular formula is C24H16BrN. The molecule has 0 aliphatic carbocycles. The monoisotopic (exact) mass is 397 g/mol. The number of nitrogens with one attached hydrogen (secondary N) is 1. The molecule has 1 heterocycles. The summed E-state index contributed by atoms with van der Waals surface area (Å²) in [6.07, 6.45) is 0. The zero-order valence-corrected chi connectivity index (χ0v) is 15.6. The molecule has 0 bridgehead atoms. The molecular weight excluding hydrogens is 382 g/mol. The third-order valence-electron chi connectivity index (χ3n) is 4.91. The first kappa shape index (κ1) is 15.4. The molecule has 0 radical (unpaired) electrons. The molecule has 0 aliphatic rings. The lowest BCUT2D eigenvalue weighted by Gasteiger charge is -2.10. The van der Waals surface area contributed by atoms with Gasteiger partial charge in [-0.2, -0.15) is 0 Å². The predicted molar refractivity (Wildman–Crippen MR) is 114 cm³/mol. The highest BCUT2D eigenvalue weighted by molar-refractivity contribution is 9.10. The van der Waals surface area contributed by atoms with Gasteiger partial charge in [0.05, 0.1) is 5.52 Å². The molecule has 1 nitrogen and oxygen atoms in total. The first-order valence-electron chi connectivity index (χ1n) is 8.66. The van der Waals surface area contributed by atoms with E-state index in [9.17, 15) is 0 Å². The first-order chi connectivity index (χ1) is 12.8.